The van der Waals surface area contributed by atoms with E-state index in [0.29, 0.717) is 5.56 Å². The molecule has 0 saturated carbocycles. The number of hydrogen-bond donors (Lipinski definition) is 1. The first-order valence-electron chi connectivity index (χ1n) is 8.97. The molecule has 1 N–H and O–H groups in total. The number of nitrogens with one attached hydrogen (secondary N) is 1. The van der Waals surface area contributed by atoms with Crippen LogP contribution < -0.4 is 4.72 Å². The lowest BCUT2D eigenvalue weighted by Gasteiger charge is -2.33. The minimum absolute atomic E-state index is 0.0372. The maximum atomic E-state index is 12.7. The number of rotatable bonds is 3. The van der Waals surface area contributed by atoms with Gasteiger partial charge in [-0.25, -0.2) is 8.42 Å². The summed E-state index contributed by atoms with van der Waals surface area (Å²) in [5, 5.41) is 0. The van der Waals surface area contributed by atoms with E-state index in [1.54, 1.807) is 30.1 Å². The molecule has 1 heterocycles. The van der Waals surface area contributed by atoms with Crippen LogP contribution in [0.2, 0.25) is 0 Å². The second-order valence-corrected chi connectivity index (χ2v) is 8.53. The topological polar surface area (TPSA) is 78.8 Å². The highest BCUT2D eigenvalue weighted by Gasteiger charge is 2.31. The summed E-state index contributed by atoms with van der Waals surface area (Å²) in [5.41, 5.74) is 2.99. The van der Waals surface area contributed by atoms with Gasteiger partial charge in [0.05, 0.1) is 10.9 Å². The van der Waals surface area contributed by atoms with Gasteiger partial charge in [-0.15, -0.1) is 0 Å². The predicted octanol–water partition coefficient (Wildman–Crippen LogP) is 2.26. The van der Waals surface area contributed by atoms with Crippen LogP contribution in [0.3, 0.4) is 0 Å². The molecule has 2 aromatic rings. The van der Waals surface area contributed by atoms with Crippen molar-refractivity contribution in [1.82, 2.24) is 9.62 Å². The molecule has 0 fully saturated rings. The molecule has 6 nitrogen and oxygen atoms in total. The Bertz CT molecular complexity index is 1030. The van der Waals surface area contributed by atoms with Crippen molar-refractivity contribution in [2.75, 3.05) is 13.6 Å². The van der Waals surface area contributed by atoms with Crippen LogP contribution in [0.25, 0.3) is 0 Å². The first kappa shape index (κ1) is 17.7. The summed E-state index contributed by atoms with van der Waals surface area (Å²) in [6, 6.07) is 14.9. The lowest BCUT2D eigenvalue weighted by Crippen LogP contribution is -2.35. The van der Waals surface area contributed by atoms with E-state index in [4.69, 9.17) is 0 Å². The van der Waals surface area contributed by atoms with Crippen molar-refractivity contribution in [1.29, 1.82) is 0 Å². The number of benzene rings is 2. The molecule has 1 aliphatic heterocycles. The molecule has 27 heavy (non-hydrogen) atoms. The smallest absolute Gasteiger partial charge is 0.263 e. The second-order valence-electron chi connectivity index (χ2n) is 6.88. The first-order chi connectivity index (χ1) is 13.0. The Morgan fingerprint density at radius 2 is 1.93 bits per heavy atom. The van der Waals surface area contributed by atoms with E-state index in [2.05, 4.69) is 21.8 Å². The molecule has 2 aromatic carbocycles. The fourth-order valence-electron chi connectivity index (χ4n) is 3.81. The van der Waals surface area contributed by atoms with Crippen molar-refractivity contribution in [3.8, 4) is 0 Å². The summed E-state index contributed by atoms with van der Waals surface area (Å²) in [6.45, 7) is -0.0959. The van der Waals surface area contributed by atoms with Crippen LogP contribution in [-0.2, 0) is 21.2 Å². The van der Waals surface area contributed by atoms with Gasteiger partial charge in [-0.1, -0.05) is 36.4 Å². The minimum Gasteiger partial charge on any atom is -0.337 e. The van der Waals surface area contributed by atoms with Crippen LogP contribution in [0, 0.1) is 0 Å². The summed E-state index contributed by atoms with van der Waals surface area (Å²) in [4.78, 5) is 18.9. The minimum atomic E-state index is -3.59. The predicted molar refractivity (Wildman–Crippen MR) is 103 cm³/mol. The Hall–Kier alpha value is -2.67. The molecule has 1 unspecified atom stereocenters. The van der Waals surface area contributed by atoms with Gasteiger partial charge in [-0.2, -0.15) is 0 Å². The fourth-order valence-corrected chi connectivity index (χ4v) is 5.06. The van der Waals surface area contributed by atoms with Gasteiger partial charge >= 0.3 is 0 Å². The highest BCUT2D eigenvalue weighted by Crippen LogP contribution is 2.33. The quantitative estimate of drug-likeness (QED) is 0.883. The molecule has 7 heteroatoms. The molecule has 1 aliphatic carbocycles. The van der Waals surface area contributed by atoms with E-state index >= 15 is 0 Å². The van der Waals surface area contributed by atoms with Gasteiger partial charge in [0.25, 0.3) is 10.0 Å². The number of carbonyl (C=O) groups excluding carboxylic acids is 1. The Kier molecular flexibility index (Phi) is 4.47. The Balaban J connectivity index is 1.53. The van der Waals surface area contributed by atoms with Gasteiger partial charge in [0.1, 0.15) is 12.4 Å². The lowest BCUT2D eigenvalue weighted by molar-refractivity contribution is -0.130. The number of fused-ring (bicyclic) bond motifs is 2. The second kappa shape index (κ2) is 6.81. The van der Waals surface area contributed by atoms with Crippen LogP contribution in [0.15, 0.2) is 58.4 Å². The largest absolute Gasteiger partial charge is 0.337 e. The van der Waals surface area contributed by atoms with Crippen LogP contribution in [-0.4, -0.2) is 38.7 Å². The van der Waals surface area contributed by atoms with Crippen molar-refractivity contribution < 1.29 is 13.2 Å². The molecule has 140 valence electrons. The number of amides is 1. The monoisotopic (exact) mass is 383 g/mol. The number of aryl methyl sites for hydroxylation is 1. The van der Waals surface area contributed by atoms with Crippen LogP contribution >= 0.6 is 0 Å². The summed E-state index contributed by atoms with van der Waals surface area (Å²) >= 11 is 0. The van der Waals surface area contributed by atoms with Gasteiger partial charge < -0.3 is 4.90 Å². The van der Waals surface area contributed by atoms with Crippen LogP contribution in [0.1, 0.15) is 35.6 Å². The lowest BCUT2D eigenvalue weighted by atomic mass is 9.87. The number of carbonyl (C=O) groups is 1. The number of amidine groups is 1. The molecular weight excluding hydrogens is 362 g/mol. The maximum Gasteiger partial charge on any atom is 0.263 e. The third-order valence-electron chi connectivity index (χ3n) is 5.23. The first-order valence-corrected chi connectivity index (χ1v) is 10.5. The Morgan fingerprint density at radius 1 is 1.19 bits per heavy atom. The molecule has 1 atom stereocenters. The normalized spacial score (nSPS) is 21.2. The van der Waals surface area contributed by atoms with E-state index < -0.39 is 10.0 Å². The average molecular weight is 383 g/mol. The maximum absolute atomic E-state index is 12.7. The Labute approximate surface area is 159 Å². The van der Waals surface area contributed by atoms with Gasteiger partial charge in [0.2, 0.25) is 5.91 Å². The van der Waals surface area contributed by atoms with Crippen molar-refractivity contribution in [2.45, 2.75) is 30.2 Å². The molecule has 0 saturated heterocycles. The zero-order valence-electron chi connectivity index (χ0n) is 15.1. The summed E-state index contributed by atoms with van der Waals surface area (Å²) in [6.07, 6.45) is 3.00. The van der Waals surface area contributed by atoms with Crippen LogP contribution in [0.5, 0.6) is 0 Å². The van der Waals surface area contributed by atoms with Gasteiger partial charge in [0, 0.05) is 12.6 Å². The average Bonchev–Trinajstić information content (AvgIpc) is 2.96. The molecule has 0 bridgehead atoms. The van der Waals surface area contributed by atoms with E-state index in [1.165, 1.54) is 17.2 Å². The van der Waals surface area contributed by atoms with Gasteiger partial charge in [-0.3, -0.25) is 14.5 Å². The van der Waals surface area contributed by atoms with E-state index in [0.717, 1.165) is 19.3 Å². The number of hydrogen-bond acceptors (Lipinski definition) is 4. The van der Waals surface area contributed by atoms with Crippen molar-refractivity contribution in [3.05, 3.63) is 65.2 Å². The Morgan fingerprint density at radius 3 is 2.78 bits per heavy atom. The van der Waals surface area contributed by atoms with Crippen molar-refractivity contribution >= 4 is 21.8 Å². The van der Waals surface area contributed by atoms with E-state index in [-0.39, 0.29) is 29.2 Å². The standard InChI is InChI=1S/C20H21N3O3S/c1-23(17-11-6-8-14-7-2-3-9-15(14)17)19(24)13-21-20-16-10-4-5-12-18(16)27(25,26)22-20/h2-5,7,9-10,12,17H,6,8,11,13H2,1H3,(H,21,22). The van der Waals surface area contributed by atoms with Gasteiger partial charge in [-0.05, 0) is 42.5 Å². The SMILES string of the molecule is CN(C(=O)CN=C1NS(=O)(=O)c2ccccc21)C1CCCc2ccccc21. The molecule has 0 spiro atoms. The molecule has 4 rings (SSSR count). The highest BCUT2D eigenvalue weighted by molar-refractivity contribution is 7.90. The van der Waals surface area contributed by atoms with Crippen molar-refractivity contribution in [3.63, 3.8) is 0 Å². The zero-order chi connectivity index (χ0) is 19.0. The number of sulfonamides is 1. The highest BCUT2D eigenvalue weighted by atomic mass is 32.2. The molecule has 0 aromatic heterocycles. The molecule has 2 aliphatic rings. The molecule has 0 radical (unpaired) electrons. The fraction of sp³-hybridized carbons (Fsp3) is 0.300. The molecular formula is C20H21N3O3S. The van der Waals surface area contributed by atoms with Gasteiger partial charge in [0.15, 0.2) is 0 Å². The third kappa shape index (κ3) is 3.23. The molecule has 1 amide bonds. The zero-order valence-corrected chi connectivity index (χ0v) is 15.9. The number of likely N-dealkylation sites (N-methyl/N-ethyl adjacent to an activating group) is 1. The summed E-state index contributed by atoms with van der Waals surface area (Å²) in [5.74, 6) is 0.101. The third-order valence-corrected chi connectivity index (χ3v) is 6.63. The summed E-state index contributed by atoms with van der Waals surface area (Å²) in [7, 11) is -1.80. The number of nitrogens with zero attached hydrogens (tertiary/aromatic N) is 2. The van der Waals surface area contributed by atoms with Crippen LogP contribution in [0.4, 0.5) is 0 Å². The van der Waals surface area contributed by atoms with E-state index in [1.807, 2.05) is 12.1 Å². The summed E-state index contributed by atoms with van der Waals surface area (Å²) < 4.78 is 26.7. The number of aliphatic imine (C=N–C) groups is 1. The van der Waals surface area contributed by atoms with E-state index in [9.17, 15) is 13.2 Å². The van der Waals surface area contributed by atoms with Crippen molar-refractivity contribution in [2.24, 2.45) is 4.99 Å².